The lowest BCUT2D eigenvalue weighted by molar-refractivity contribution is 0.298. The first-order valence-electron chi connectivity index (χ1n) is 20.3. The highest BCUT2D eigenvalue weighted by atomic mass is 16.5. The highest BCUT2D eigenvalue weighted by Gasteiger charge is 2.52. The molecule has 6 saturated carbocycles. The van der Waals surface area contributed by atoms with E-state index in [-0.39, 0.29) is 10.8 Å². The third-order valence-electron chi connectivity index (χ3n) is 13.6. The number of hydrogen-bond acceptors (Lipinski definition) is 10. The highest BCUT2D eigenvalue weighted by Crippen LogP contribution is 2.50. The van der Waals surface area contributed by atoms with Gasteiger partial charge in [0.1, 0.15) is 0 Å². The van der Waals surface area contributed by atoms with E-state index < -0.39 is 0 Å². The highest BCUT2D eigenvalue weighted by molar-refractivity contribution is 5.49. The Morgan fingerprint density at radius 1 is 0.635 bits per heavy atom. The van der Waals surface area contributed by atoms with Gasteiger partial charge in [0, 0.05) is 77.4 Å². The van der Waals surface area contributed by atoms with Crippen LogP contribution in [0.4, 0.5) is 5.69 Å². The van der Waals surface area contributed by atoms with Crippen LogP contribution in [-0.2, 0) is 10.8 Å². The van der Waals surface area contributed by atoms with Crippen molar-refractivity contribution >= 4 is 5.69 Å². The minimum atomic E-state index is 0.0460. The van der Waals surface area contributed by atoms with E-state index in [9.17, 15) is 0 Å². The zero-order valence-corrected chi connectivity index (χ0v) is 30.3. The van der Waals surface area contributed by atoms with Gasteiger partial charge < -0.3 is 30.7 Å². The van der Waals surface area contributed by atoms with Crippen molar-refractivity contribution in [1.82, 2.24) is 30.9 Å². The Hall–Kier alpha value is -3.60. The van der Waals surface area contributed by atoms with E-state index in [4.69, 9.17) is 24.7 Å². The Morgan fingerprint density at radius 2 is 1.17 bits per heavy atom. The summed E-state index contributed by atoms with van der Waals surface area (Å²) in [6.07, 6.45) is 15.6. The molecule has 6 aliphatic rings. The molecule has 0 bridgehead atoms. The van der Waals surface area contributed by atoms with Crippen LogP contribution in [-0.4, -0.2) is 57.5 Å². The second-order valence-corrected chi connectivity index (χ2v) is 17.5. The van der Waals surface area contributed by atoms with Gasteiger partial charge in [0.2, 0.25) is 11.8 Å². The van der Waals surface area contributed by atoms with Gasteiger partial charge in [-0.15, -0.1) is 0 Å². The van der Waals surface area contributed by atoms with Gasteiger partial charge in [0.05, 0.1) is 0 Å². The molecular formula is C42H54N8O2. The summed E-state index contributed by atoms with van der Waals surface area (Å²) in [4.78, 5) is 9.93. The van der Waals surface area contributed by atoms with Crippen LogP contribution in [0.25, 0.3) is 0 Å². The predicted molar refractivity (Wildman–Crippen MR) is 199 cm³/mol. The zero-order chi connectivity index (χ0) is 34.7. The molecule has 4 atom stereocenters. The normalized spacial score (nSPS) is 32.6. The lowest BCUT2D eigenvalue weighted by Gasteiger charge is -2.28. The fourth-order valence-electron chi connectivity index (χ4n) is 9.37. The molecular weight excluding hydrogens is 649 g/mol. The standard InChI is InChI=1S/C42H54N8O2/c43-30-13-9-27(10-14-30)37-47-39(49-51-37)42(19-20-42)25-45-36-23-34(36)29-7-4-8-32(21-29)46-31-15-11-28(12-16-31)38-48-40(50-52-38)41(17-18-41)24-44-35-22-33(35)26-5-2-1-3-6-26/h1-8,21,27-28,30-31,33-36,44-46H,9-20,22-25,43H2/t27-,28-,30-,31+,33?,34?,35-,36-/m0/s1. The molecule has 274 valence electrons. The van der Waals surface area contributed by atoms with Crippen molar-refractivity contribution in [1.29, 1.82) is 0 Å². The van der Waals surface area contributed by atoms with E-state index in [0.29, 0.717) is 47.8 Å². The third-order valence-corrected chi connectivity index (χ3v) is 13.6. The van der Waals surface area contributed by atoms with E-state index >= 15 is 0 Å². The molecule has 10 heteroatoms. The largest absolute Gasteiger partial charge is 0.382 e. The first kappa shape index (κ1) is 33.0. The molecule has 5 N–H and O–H groups in total. The first-order chi connectivity index (χ1) is 25.5. The van der Waals surface area contributed by atoms with E-state index in [1.807, 2.05) is 0 Å². The van der Waals surface area contributed by atoms with Crippen LogP contribution in [0.3, 0.4) is 0 Å². The number of rotatable bonds is 14. The van der Waals surface area contributed by atoms with Crippen molar-refractivity contribution < 1.29 is 9.05 Å². The molecule has 6 fully saturated rings. The van der Waals surface area contributed by atoms with Crippen molar-refractivity contribution in [3.63, 3.8) is 0 Å². The Labute approximate surface area is 306 Å². The van der Waals surface area contributed by atoms with Gasteiger partial charge in [-0.3, -0.25) is 0 Å². The van der Waals surface area contributed by atoms with Crippen LogP contribution in [0.2, 0.25) is 0 Å². The molecule has 10 rings (SSSR count). The van der Waals surface area contributed by atoms with E-state index in [1.165, 1.54) is 29.7 Å². The van der Waals surface area contributed by atoms with E-state index in [1.54, 1.807) is 0 Å². The fourth-order valence-corrected chi connectivity index (χ4v) is 9.37. The van der Waals surface area contributed by atoms with E-state index in [0.717, 1.165) is 114 Å². The molecule has 0 saturated heterocycles. The van der Waals surface area contributed by atoms with Crippen molar-refractivity contribution in [2.75, 3.05) is 18.4 Å². The van der Waals surface area contributed by atoms with Crippen molar-refractivity contribution in [2.24, 2.45) is 5.73 Å². The number of nitrogens with zero attached hydrogens (tertiary/aromatic N) is 4. The average Bonchev–Trinajstić information content (AvgIpc) is 4.08. The number of nitrogens with one attached hydrogen (secondary N) is 3. The summed E-state index contributed by atoms with van der Waals surface area (Å²) in [6.45, 7) is 1.88. The molecule has 2 aromatic heterocycles. The molecule has 2 heterocycles. The number of anilines is 1. The topological polar surface area (TPSA) is 140 Å². The van der Waals surface area contributed by atoms with Crippen LogP contribution in [0.1, 0.15) is 148 Å². The summed E-state index contributed by atoms with van der Waals surface area (Å²) in [6, 6.07) is 21.9. The molecule has 2 aromatic carbocycles. The summed E-state index contributed by atoms with van der Waals surface area (Å²) in [5.41, 5.74) is 10.3. The Bertz CT molecular complexity index is 1830. The molecule has 2 unspecified atom stereocenters. The SMILES string of the molecule is N[C@H]1CC[C@H](c2nc(C3(CN[C@H]4CC4c4cccc(N[C@H]5CC[C@@H](c6nc(C7(CN[C@H]8CC8c8ccccc8)CC7)no6)CC5)c4)CC3)no2)CC1. The van der Waals surface area contributed by atoms with Crippen molar-refractivity contribution in [2.45, 2.75) is 149 Å². The van der Waals surface area contributed by atoms with Gasteiger partial charge in [-0.2, -0.15) is 9.97 Å². The predicted octanol–water partition coefficient (Wildman–Crippen LogP) is 6.93. The quantitative estimate of drug-likeness (QED) is 0.109. The van der Waals surface area contributed by atoms with Gasteiger partial charge in [-0.25, -0.2) is 0 Å². The van der Waals surface area contributed by atoms with E-state index in [2.05, 4.69) is 80.9 Å². The third kappa shape index (κ3) is 6.82. The second-order valence-electron chi connectivity index (χ2n) is 17.5. The van der Waals surface area contributed by atoms with Gasteiger partial charge in [-0.05, 0) is 113 Å². The molecule has 10 nitrogen and oxygen atoms in total. The molecule has 0 aliphatic heterocycles. The summed E-state index contributed by atoms with van der Waals surface area (Å²) in [7, 11) is 0. The Kier molecular flexibility index (Phi) is 8.48. The fraction of sp³-hybridized carbons (Fsp3) is 0.619. The summed E-state index contributed by atoms with van der Waals surface area (Å²) < 4.78 is 11.7. The summed E-state index contributed by atoms with van der Waals surface area (Å²) in [5, 5.41) is 20.6. The minimum absolute atomic E-state index is 0.0460. The maximum atomic E-state index is 6.11. The summed E-state index contributed by atoms with van der Waals surface area (Å²) >= 11 is 0. The van der Waals surface area contributed by atoms with Crippen LogP contribution in [0.15, 0.2) is 63.6 Å². The first-order valence-corrected chi connectivity index (χ1v) is 20.3. The van der Waals surface area contributed by atoms with Crippen LogP contribution in [0.5, 0.6) is 0 Å². The smallest absolute Gasteiger partial charge is 0.229 e. The lowest BCUT2D eigenvalue weighted by atomic mass is 9.85. The molecule has 6 aliphatic carbocycles. The van der Waals surface area contributed by atoms with Gasteiger partial charge >= 0.3 is 0 Å². The van der Waals surface area contributed by atoms with Crippen LogP contribution in [0, 0.1) is 0 Å². The van der Waals surface area contributed by atoms with Gasteiger partial charge in [0.15, 0.2) is 11.6 Å². The van der Waals surface area contributed by atoms with Crippen LogP contribution < -0.4 is 21.7 Å². The molecule has 0 amide bonds. The molecule has 52 heavy (non-hydrogen) atoms. The van der Waals surface area contributed by atoms with Gasteiger partial charge in [-0.1, -0.05) is 52.8 Å². The average molecular weight is 703 g/mol. The summed E-state index contributed by atoms with van der Waals surface area (Å²) in [5.74, 6) is 5.45. The Balaban J connectivity index is 0.677. The van der Waals surface area contributed by atoms with Crippen LogP contribution >= 0.6 is 0 Å². The number of nitrogens with two attached hydrogens (primary N) is 1. The molecule has 4 aromatic rings. The maximum Gasteiger partial charge on any atom is 0.229 e. The maximum absolute atomic E-state index is 6.11. The second kappa shape index (κ2) is 13.4. The minimum Gasteiger partial charge on any atom is -0.382 e. The van der Waals surface area contributed by atoms with Crippen molar-refractivity contribution in [3.8, 4) is 0 Å². The Morgan fingerprint density at radius 3 is 1.75 bits per heavy atom. The number of benzene rings is 2. The van der Waals surface area contributed by atoms with Crippen molar-refractivity contribution in [3.05, 3.63) is 89.2 Å². The lowest BCUT2D eigenvalue weighted by Crippen LogP contribution is -2.30. The number of aromatic nitrogens is 4. The monoisotopic (exact) mass is 702 g/mol. The number of hydrogen-bond donors (Lipinski definition) is 4. The molecule has 0 spiro atoms. The molecule has 0 radical (unpaired) electrons. The zero-order valence-electron chi connectivity index (χ0n) is 30.3. The van der Waals surface area contributed by atoms with Gasteiger partial charge in [0.25, 0.3) is 0 Å².